The topological polar surface area (TPSA) is 120 Å². The summed E-state index contributed by atoms with van der Waals surface area (Å²) in [4.78, 5) is 26.5. The number of ether oxygens (including phenoxy) is 2. The van der Waals surface area contributed by atoms with Crippen molar-refractivity contribution >= 4 is 29.3 Å². The van der Waals surface area contributed by atoms with Crippen LogP contribution in [0.25, 0.3) is 5.69 Å². The van der Waals surface area contributed by atoms with Gasteiger partial charge in [0, 0.05) is 18.3 Å². The number of nitrogens with zero attached hydrogens (tertiary/aromatic N) is 5. The highest BCUT2D eigenvalue weighted by molar-refractivity contribution is 6.29. The van der Waals surface area contributed by atoms with Crippen molar-refractivity contribution in [2.45, 2.75) is 51.6 Å². The predicted octanol–water partition coefficient (Wildman–Crippen LogP) is 1.14. The standard InChI is InChI=1S/C18H22ClN5O5/c1-10-9-23(13-5-6-24(22-13)11-7-12(19)21-20-8-11)16(26)15(28-10)14(25)17(27)29-18(2,3)4/h5-8,10,14-15,25H,9H2,1-4H3/t10-,14?,15+/m0/s1. The first kappa shape index (κ1) is 21.2. The Labute approximate surface area is 172 Å². The summed E-state index contributed by atoms with van der Waals surface area (Å²) in [5.41, 5.74) is -0.241. The molecule has 0 aliphatic carbocycles. The summed E-state index contributed by atoms with van der Waals surface area (Å²) in [5.74, 6) is -1.18. The van der Waals surface area contributed by atoms with Gasteiger partial charge >= 0.3 is 5.97 Å². The number of carbonyl (C=O) groups excluding carboxylic acids is 2. The summed E-state index contributed by atoms with van der Waals surface area (Å²) >= 11 is 5.85. The molecule has 11 heteroatoms. The number of halogens is 1. The normalized spacial score (nSPS) is 21.2. The van der Waals surface area contributed by atoms with Gasteiger partial charge in [-0.3, -0.25) is 9.69 Å². The second kappa shape index (κ2) is 8.05. The Kier molecular flexibility index (Phi) is 5.87. The molecule has 1 aliphatic heterocycles. The molecule has 2 aromatic rings. The number of carbonyl (C=O) groups is 2. The molecule has 3 rings (SSSR count). The summed E-state index contributed by atoms with van der Waals surface area (Å²) in [6.45, 7) is 6.95. The van der Waals surface area contributed by atoms with Crippen LogP contribution in [0.4, 0.5) is 5.82 Å². The van der Waals surface area contributed by atoms with Crippen molar-refractivity contribution in [2.24, 2.45) is 0 Å². The van der Waals surface area contributed by atoms with Crippen LogP contribution in [0.1, 0.15) is 27.7 Å². The molecule has 10 nitrogen and oxygen atoms in total. The molecule has 1 aliphatic rings. The van der Waals surface area contributed by atoms with Gasteiger partial charge in [0.2, 0.25) is 0 Å². The number of aromatic nitrogens is 4. The van der Waals surface area contributed by atoms with Crippen LogP contribution < -0.4 is 4.90 Å². The van der Waals surface area contributed by atoms with E-state index in [4.69, 9.17) is 21.1 Å². The zero-order valence-electron chi connectivity index (χ0n) is 16.4. The third kappa shape index (κ3) is 4.89. The van der Waals surface area contributed by atoms with Crippen molar-refractivity contribution in [2.75, 3.05) is 11.4 Å². The molecular weight excluding hydrogens is 402 g/mol. The maximum atomic E-state index is 12.9. The fourth-order valence-corrected chi connectivity index (χ4v) is 2.97. The highest BCUT2D eigenvalue weighted by Crippen LogP contribution is 2.24. The molecule has 0 saturated carbocycles. The molecule has 1 saturated heterocycles. The van der Waals surface area contributed by atoms with Crippen LogP contribution in [0.2, 0.25) is 5.15 Å². The lowest BCUT2D eigenvalue weighted by atomic mass is 10.1. The molecule has 3 atom stereocenters. The Hall–Kier alpha value is -2.56. The van der Waals surface area contributed by atoms with E-state index in [1.165, 1.54) is 15.8 Å². The average molecular weight is 424 g/mol. The lowest BCUT2D eigenvalue weighted by molar-refractivity contribution is -0.181. The minimum atomic E-state index is -1.75. The number of esters is 1. The van der Waals surface area contributed by atoms with Crippen molar-refractivity contribution in [3.8, 4) is 5.69 Å². The molecule has 156 valence electrons. The van der Waals surface area contributed by atoms with Gasteiger partial charge in [-0.2, -0.15) is 5.10 Å². The van der Waals surface area contributed by atoms with Gasteiger partial charge in [-0.25, -0.2) is 9.48 Å². The fourth-order valence-electron chi connectivity index (χ4n) is 2.81. The smallest absolute Gasteiger partial charge is 0.338 e. The molecule has 1 N–H and O–H groups in total. The van der Waals surface area contributed by atoms with Gasteiger partial charge < -0.3 is 14.6 Å². The molecule has 0 bridgehead atoms. The second-order valence-corrected chi connectivity index (χ2v) is 8.04. The van der Waals surface area contributed by atoms with E-state index < -0.39 is 35.8 Å². The van der Waals surface area contributed by atoms with Gasteiger partial charge in [-0.05, 0) is 27.7 Å². The Morgan fingerprint density at radius 3 is 2.83 bits per heavy atom. The average Bonchev–Trinajstić information content (AvgIpc) is 3.11. The molecule has 1 unspecified atom stereocenters. The first-order chi connectivity index (χ1) is 13.5. The maximum Gasteiger partial charge on any atom is 0.338 e. The van der Waals surface area contributed by atoms with Gasteiger partial charge in [0.1, 0.15) is 5.60 Å². The third-order valence-corrected chi connectivity index (χ3v) is 4.17. The minimum Gasteiger partial charge on any atom is -0.458 e. The SMILES string of the molecule is C[C@H]1CN(c2ccn(-c3cnnc(Cl)c3)n2)C(=O)[C@@H](C(O)C(=O)OC(C)(C)C)O1. The van der Waals surface area contributed by atoms with Crippen LogP contribution in [-0.4, -0.2) is 67.4 Å². The van der Waals surface area contributed by atoms with E-state index in [1.54, 1.807) is 46.0 Å². The van der Waals surface area contributed by atoms with Crippen LogP contribution in [0, 0.1) is 0 Å². The minimum absolute atomic E-state index is 0.205. The fraction of sp³-hybridized carbons (Fsp3) is 0.500. The van der Waals surface area contributed by atoms with E-state index >= 15 is 0 Å². The van der Waals surface area contributed by atoms with E-state index in [2.05, 4.69) is 15.3 Å². The van der Waals surface area contributed by atoms with Gasteiger partial charge in [-0.15, -0.1) is 10.2 Å². The molecular formula is C18H22ClN5O5. The summed E-state index contributed by atoms with van der Waals surface area (Å²) in [5, 5.41) is 22.4. The molecule has 0 aromatic carbocycles. The van der Waals surface area contributed by atoms with Crippen molar-refractivity contribution in [3.05, 3.63) is 29.7 Å². The Morgan fingerprint density at radius 2 is 2.17 bits per heavy atom. The quantitative estimate of drug-likeness (QED) is 0.727. The van der Waals surface area contributed by atoms with Gasteiger partial charge in [0.05, 0.1) is 24.5 Å². The van der Waals surface area contributed by atoms with Crippen LogP contribution in [-0.2, 0) is 19.1 Å². The predicted molar refractivity (Wildman–Crippen MR) is 103 cm³/mol. The number of aliphatic hydroxyl groups excluding tert-OH is 1. The summed E-state index contributed by atoms with van der Waals surface area (Å²) in [6.07, 6.45) is -0.471. The maximum absolute atomic E-state index is 12.9. The zero-order chi connectivity index (χ0) is 21.3. The lowest BCUT2D eigenvalue weighted by Gasteiger charge is -2.36. The Balaban J connectivity index is 1.81. The van der Waals surface area contributed by atoms with Crippen LogP contribution in [0.5, 0.6) is 0 Å². The first-order valence-electron chi connectivity index (χ1n) is 8.97. The van der Waals surface area contributed by atoms with Crippen molar-refractivity contribution in [1.29, 1.82) is 0 Å². The number of aliphatic hydroxyl groups is 1. The highest BCUT2D eigenvalue weighted by Gasteiger charge is 2.43. The Bertz CT molecular complexity index is 912. The van der Waals surface area contributed by atoms with E-state index in [9.17, 15) is 14.7 Å². The van der Waals surface area contributed by atoms with E-state index in [-0.39, 0.29) is 11.7 Å². The van der Waals surface area contributed by atoms with Crippen LogP contribution in [0.15, 0.2) is 24.5 Å². The monoisotopic (exact) mass is 423 g/mol. The van der Waals surface area contributed by atoms with Gasteiger partial charge in [0.15, 0.2) is 23.2 Å². The number of rotatable bonds is 4. The Morgan fingerprint density at radius 1 is 1.45 bits per heavy atom. The number of hydrogen-bond donors (Lipinski definition) is 1. The summed E-state index contributed by atoms with van der Waals surface area (Å²) < 4.78 is 12.2. The lowest BCUT2D eigenvalue weighted by Crippen LogP contribution is -2.57. The molecule has 0 spiro atoms. The molecule has 0 radical (unpaired) electrons. The molecule has 29 heavy (non-hydrogen) atoms. The summed E-state index contributed by atoms with van der Waals surface area (Å²) in [6, 6.07) is 3.20. The van der Waals surface area contributed by atoms with Crippen LogP contribution >= 0.6 is 11.6 Å². The van der Waals surface area contributed by atoms with Crippen molar-refractivity contribution < 1.29 is 24.2 Å². The van der Waals surface area contributed by atoms with Crippen LogP contribution in [0.3, 0.4) is 0 Å². The zero-order valence-corrected chi connectivity index (χ0v) is 17.2. The van der Waals surface area contributed by atoms with E-state index in [0.29, 0.717) is 11.5 Å². The number of morpholine rings is 1. The largest absolute Gasteiger partial charge is 0.458 e. The molecule has 2 aromatic heterocycles. The van der Waals surface area contributed by atoms with E-state index in [0.717, 1.165) is 0 Å². The second-order valence-electron chi connectivity index (χ2n) is 7.65. The highest BCUT2D eigenvalue weighted by atomic mass is 35.5. The molecule has 1 amide bonds. The molecule has 3 heterocycles. The number of amides is 1. The van der Waals surface area contributed by atoms with Crippen molar-refractivity contribution in [1.82, 2.24) is 20.0 Å². The van der Waals surface area contributed by atoms with Gasteiger partial charge in [-0.1, -0.05) is 11.6 Å². The van der Waals surface area contributed by atoms with Crippen molar-refractivity contribution in [3.63, 3.8) is 0 Å². The van der Waals surface area contributed by atoms with Gasteiger partial charge in [0.25, 0.3) is 5.91 Å². The number of anilines is 1. The first-order valence-corrected chi connectivity index (χ1v) is 9.35. The van der Waals surface area contributed by atoms with E-state index in [1.807, 2.05) is 0 Å². The molecule has 1 fully saturated rings. The summed E-state index contributed by atoms with van der Waals surface area (Å²) in [7, 11) is 0. The number of hydrogen-bond acceptors (Lipinski definition) is 8. The third-order valence-electron chi connectivity index (χ3n) is 3.99.